The largest absolute Gasteiger partial charge is 0.316 e. The highest BCUT2D eigenvalue weighted by molar-refractivity contribution is 4.92. The molecule has 0 radical (unpaired) electrons. The van der Waals surface area contributed by atoms with Crippen molar-refractivity contribution in [3.8, 4) is 0 Å². The monoisotopic (exact) mass is 348 g/mol. The predicted molar refractivity (Wildman–Crippen MR) is 104 cm³/mol. The van der Waals surface area contributed by atoms with E-state index < -0.39 is 0 Å². The van der Waals surface area contributed by atoms with Crippen molar-refractivity contribution in [1.29, 1.82) is 0 Å². The van der Waals surface area contributed by atoms with Gasteiger partial charge in [0.05, 0.1) is 6.17 Å². The summed E-state index contributed by atoms with van der Waals surface area (Å²) in [7, 11) is 0. The van der Waals surface area contributed by atoms with Crippen LogP contribution >= 0.6 is 0 Å². The molecule has 4 heteroatoms. The third-order valence-corrected chi connectivity index (χ3v) is 7.86. The van der Waals surface area contributed by atoms with Crippen LogP contribution in [0.15, 0.2) is 0 Å². The molecule has 0 amide bonds. The summed E-state index contributed by atoms with van der Waals surface area (Å²) in [5, 5.41) is 14.7. The van der Waals surface area contributed by atoms with Gasteiger partial charge in [-0.3, -0.25) is 0 Å². The summed E-state index contributed by atoms with van der Waals surface area (Å²) in [4.78, 5) is 0. The normalized spacial score (nSPS) is 46.7. The third-order valence-electron chi connectivity index (χ3n) is 7.86. The fraction of sp³-hybridized carbons (Fsp3) is 1.00. The number of nitrogens with one attached hydrogen (secondary N) is 4. The summed E-state index contributed by atoms with van der Waals surface area (Å²) in [6, 6.07) is 0. The minimum absolute atomic E-state index is 0.497. The maximum absolute atomic E-state index is 3.69. The van der Waals surface area contributed by atoms with E-state index in [0.29, 0.717) is 6.17 Å². The molecule has 0 aromatic heterocycles. The molecule has 4 N–H and O–H groups in total. The summed E-state index contributed by atoms with van der Waals surface area (Å²) < 4.78 is 0. The fourth-order valence-electron chi connectivity index (χ4n) is 6.31. The molecule has 0 aromatic carbocycles. The second kappa shape index (κ2) is 8.69. The second-order valence-electron chi connectivity index (χ2n) is 9.50. The minimum Gasteiger partial charge on any atom is -0.316 e. The van der Waals surface area contributed by atoms with E-state index in [-0.39, 0.29) is 0 Å². The molecule has 4 unspecified atom stereocenters. The van der Waals surface area contributed by atoms with E-state index in [9.17, 15) is 0 Å². The molecule has 4 aliphatic rings. The van der Waals surface area contributed by atoms with Crippen molar-refractivity contribution in [2.45, 2.75) is 58.0 Å². The number of hydrogen-bond donors (Lipinski definition) is 4. The molecule has 144 valence electrons. The summed E-state index contributed by atoms with van der Waals surface area (Å²) in [5.41, 5.74) is 0. The molecule has 25 heavy (non-hydrogen) atoms. The third kappa shape index (κ3) is 4.58. The SMILES string of the molecule is CC1NCC(C2CC(C3CCCNC3)CC(C3CCCNC3)C2)CN1. The molecule has 3 saturated heterocycles. The molecule has 0 bridgehead atoms. The number of piperidine rings is 2. The first-order valence-corrected chi connectivity index (χ1v) is 11.2. The van der Waals surface area contributed by atoms with Crippen LogP contribution in [0.4, 0.5) is 0 Å². The van der Waals surface area contributed by atoms with Crippen LogP contribution in [0, 0.1) is 35.5 Å². The van der Waals surface area contributed by atoms with Crippen molar-refractivity contribution in [2.75, 3.05) is 39.3 Å². The van der Waals surface area contributed by atoms with E-state index in [1.165, 1.54) is 84.2 Å². The smallest absolute Gasteiger partial charge is 0.0542 e. The highest BCUT2D eigenvalue weighted by Crippen LogP contribution is 2.45. The first-order valence-electron chi connectivity index (χ1n) is 11.2. The fourth-order valence-corrected chi connectivity index (χ4v) is 6.31. The van der Waals surface area contributed by atoms with Crippen LogP contribution in [0.3, 0.4) is 0 Å². The van der Waals surface area contributed by atoms with E-state index in [2.05, 4.69) is 28.2 Å². The summed E-state index contributed by atoms with van der Waals surface area (Å²) in [6.07, 6.45) is 10.7. The van der Waals surface area contributed by atoms with Crippen LogP contribution in [-0.4, -0.2) is 45.4 Å². The Morgan fingerprint density at radius 1 is 0.560 bits per heavy atom. The summed E-state index contributed by atoms with van der Waals surface area (Å²) >= 11 is 0. The first-order chi connectivity index (χ1) is 12.3. The van der Waals surface area contributed by atoms with Crippen molar-refractivity contribution in [2.24, 2.45) is 35.5 Å². The van der Waals surface area contributed by atoms with Gasteiger partial charge in [0.1, 0.15) is 0 Å². The van der Waals surface area contributed by atoms with E-state index in [1.807, 2.05) is 0 Å². The maximum Gasteiger partial charge on any atom is 0.0542 e. The first kappa shape index (κ1) is 18.2. The van der Waals surface area contributed by atoms with Gasteiger partial charge in [-0.1, -0.05) is 0 Å². The van der Waals surface area contributed by atoms with Gasteiger partial charge in [-0.05, 0) is 114 Å². The summed E-state index contributed by atoms with van der Waals surface area (Å²) in [6.45, 7) is 9.77. The van der Waals surface area contributed by atoms with E-state index in [0.717, 1.165) is 35.5 Å². The highest BCUT2D eigenvalue weighted by Gasteiger charge is 2.40. The Bertz CT molecular complexity index is 369. The van der Waals surface area contributed by atoms with E-state index in [1.54, 1.807) is 0 Å². The molecule has 3 aliphatic heterocycles. The van der Waals surface area contributed by atoms with Crippen LogP contribution in [0.5, 0.6) is 0 Å². The van der Waals surface area contributed by atoms with Crippen molar-refractivity contribution in [1.82, 2.24) is 21.3 Å². The van der Waals surface area contributed by atoms with Crippen LogP contribution in [0.1, 0.15) is 51.9 Å². The molecule has 4 fully saturated rings. The Morgan fingerprint density at radius 3 is 1.48 bits per heavy atom. The average Bonchev–Trinajstić information content (AvgIpc) is 2.69. The Morgan fingerprint density at radius 2 is 1.04 bits per heavy atom. The van der Waals surface area contributed by atoms with Gasteiger partial charge >= 0.3 is 0 Å². The Hall–Kier alpha value is -0.160. The van der Waals surface area contributed by atoms with Crippen molar-refractivity contribution < 1.29 is 0 Å². The second-order valence-corrected chi connectivity index (χ2v) is 9.50. The lowest BCUT2D eigenvalue weighted by molar-refractivity contribution is 0.0534. The maximum atomic E-state index is 3.69. The number of rotatable bonds is 3. The molecular formula is C21H40N4. The molecule has 1 saturated carbocycles. The quantitative estimate of drug-likeness (QED) is 0.631. The summed E-state index contributed by atoms with van der Waals surface area (Å²) in [5.74, 6) is 5.60. The zero-order valence-electron chi connectivity index (χ0n) is 16.2. The van der Waals surface area contributed by atoms with Gasteiger partial charge in [0.15, 0.2) is 0 Å². The number of hydrogen-bond acceptors (Lipinski definition) is 4. The van der Waals surface area contributed by atoms with E-state index in [4.69, 9.17) is 0 Å². The van der Waals surface area contributed by atoms with Gasteiger partial charge in [0, 0.05) is 13.1 Å². The molecule has 3 heterocycles. The van der Waals surface area contributed by atoms with Crippen LogP contribution < -0.4 is 21.3 Å². The van der Waals surface area contributed by atoms with Crippen LogP contribution in [0.25, 0.3) is 0 Å². The van der Waals surface area contributed by atoms with Gasteiger partial charge in [0.2, 0.25) is 0 Å². The van der Waals surface area contributed by atoms with Crippen LogP contribution in [0.2, 0.25) is 0 Å². The molecule has 4 atom stereocenters. The minimum atomic E-state index is 0.497. The van der Waals surface area contributed by atoms with Gasteiger partial charge in [0.25, 0.3) is 0 Å². The zero-order valence-corrected chi connectivity index (χ0v) is 16.2. The van der Waals surface area contributed by atoms with Crippen molar-refractivity contribution in [3.63, 3.8) is 0 Å². The Kier molecular flexibility index (Phi) is 6.33. The molecule has 4 rings (SSSR count). The van der Waals surface area contributed by atoms with Crippen LogP contribution in [-0.2, 0) is 0 Å². The molecule has 0 spiro atoms. The Balaban J connectivity index is 1.43. The molecular weight excluding hydrogens is 308 g/mol. The highest BCUT2D eigenvalue weighted by atomic mass is 15.1. The predicted octanol–water partition coefficient (Wildman–Crippen LogP) is 2.17. The Labute approximate surface area is 154 Å². The van der Waals surface area contributed by atoms with Crippen molar-refractivity contribution in [3.05, 3.63) is 0 Å². The van der Waals surface area contributed by atoms with Gasteiger partial charge in [-0.15, -0.1) is 0 Å². The molecule has 4 nitrogen and oxygen atoms in total. The molecule has 1 aliphatic carbocycles. The van der Waals surface area contributed by atoms with Gasteiger partial charge < -0.3 is 21.3 Å². The molecule has 0 aromatic rings. The standard InChI is InChI=1S/C21H40N4/c1-15-24-13-21(14-25-15)20-9-18(16-4-2-6-22-11-16)8-19(10-20)17-5-3-7-23-12-17/h15-25H,2-14H2,1H3. The lowest BCUT2D eigenvalue weighted by atomic mass is 9.62. The average molecular weight is 349 g/mol. The van der Waals surface area contributed by atoms with Crippen molar-refractivity contribution >= 4 is 0 Å². The lowest BCUT2D eigenvalue weighted by Gasteiger charge is -2.47. The zero-order chi connectivity index (χ0) is 17.1. The lowest BCUT2D eigenvalue weighted by Crippen LogP contribution is -2.54. The topological polar surface area (TPSA) is 48.1 Å². The van der Waals surface area contributed by atoms with Gasteiger partial charge in [-0.25, -0.2) is 0 Å². The van der Waals surface area contributed by atoms with E-state index >= 15 is 0 Å². The van der Waals surface area contributed by atoms with Gasteiger partial charge in [-0.2, -0.15) is 0 Å².